The van der Waals surface area contributed by atoms with Crippen molar-refractivity contribution in [1.82, 2.24) is 16.0 Å². The molecule has 0 saturated carbocycles. The van der Waals surface area contributed by atoms with Crippen molar-refractivity contribution < 1.29 is 9.59 Å². The van der Waals surface area contributed by atoms with Gasteiger partial charge in [0.15, 0.2) is 0 Å². The van der Waals surface area contributed by atoms with Gasteiger partial charge in [-0.25, -0.2) is 0 Å². The van der Waals surface area contributed by atoms with Crippen molar-refractivity contribution in [1.29, 1.82) is 0 Å². The van der Waals surface area contributed by atoms with Gasteiger partial charge in [-0.15, -0.1) is 0 Å². The Morgan fingerprint density at radius 2 is 2.17 bits per heavy atom. The minimum absolute atomic E-state index is 0.0254. The predicted octanol–water partition coefficient (Wildman–Crippen LogP) is 0.0169. The summed E-state index contributed by atoms with van der Waals surface area (Å²) in [7, 11) is 0. The average molecular weight is 253 g/mol. The lowest BCUT2D eigenvalue weighted by Gasteiger charge is -2.36. The number of rotatable bonds is 3. The standard InChI is InChI=1S/C13H23N3O2/c1-13(2,9-4-3-5-14-7-9)12(18)16-10-6-11(17)15-8-10/h9-10,14H,3-8H2,1-2H3,(H,15,17)(H,16,18). The molecule has 0 aromatic rings. The average Bonchev–Trinajstić information content (AvgIpc) is 2.76. The van der Waals surface area contributed by atoms with Crippen molar-refractivity contribution in [2.75, 3.05) is 19.6 Å². The zero-order valence-electron chi connectivity index (χ0n) is 11.2. The number of hydrogen-bond donors (Lipinski definition) is 3. The van der Waals surface area contributed by atoms with Crippen LogP contribution in [0.25, 0.3) is 0 Å². The second-order valence-corrected chi connectivity index (χ2v) is 5.94. The van der Waals surface area contributed by atoms with Crippen molar-refractivity contribution in [2.24, 2.45) is 11.3 Å². The largest absolute Gasteiger partial charge is 0.354 e. The van der Waals surface area contributed by atoms with Crippen LogP contribution in [0.4, 0.5) is 0 Å². The Hall–Kier alpha value is -1.10. The third kappa shape index (κ3) is 2.83. The maximum atomic E-state index is 12.3. The Morgan fingerprint density at radius 3 is 2.72 bits per heavy atom. The first-order valence-electron chi connectivity index (χ1n) is 6.78. The second kappa shape index (κ2) is 5.26. The molecule has 102 valence electrons. The number of amides is 2. The summed E-state index contributed by atoms with van der Waals surface area (Å²) < 4.78 is 0. The Balaban J connectivity index is 1.91. The quantitative estimate of drug-likeness (QED) is 0.664. The molecule has 0 bridgehead atoms. The number of piperidine rings is 1. The Bertz CT molecular complexity index is 335. The third-order valence-electron chi connectivity index (χ3n) is 4.22. The van der Waals surface area contributed by atoms with Crippen LogP contribution in [0.15, 0.2) is 0 Å². The van der Waals surface area contributed by atoms with Gasteiger partial charge in [-0.05, 0) is 31.8 Å². The molecular weight excluding hydrogens is 230 g/mol. The molecule has 0 aromatic heterocycles. The van der Waals surface area contributed by atoms with Gasteiger partial charge < -0.3 is 16.0 Å². The minimum Gasteiger partial charge on any atom is -0.354 e. The normalized spacial score (nSPS) is 28.9. The summed E-state index contributed by atoms with van der Waals surface area (Å²) in [4.78, 5) is 23.5. The molecule has 18 heavy (non-hydrogen) atoms. The van der Waals surface area contributed by atoms with Crippen LogP contribution in [0, 0.1) is 11.3 Å². The van der Waals surface area contributed by atoms with Gasteiger partial charge in [0, 0.05) is 18.4 Å². The summed E-state index contributed by atoms with van der Waals surface area (Å²) in [6.07, 6.45) is 2.63. The smallest absolute Gasteiger partial charge is 0.226 e. The van der Waals surface area contributed by atoms with E-state index in [0.29, 0.717) is 18.9 Å². The number of hydrogen-bond acceptors (Lipinski definition) is 3. The molecule has 2 rings (SSSR count). The summed E-state index contributed by atoms with van der Waals surface area (Å²) in [5.74, 6) is 0.464. The molecule has 0 aromatic carbocycles. The van der Waals surface area contributed by atoms with Gasteiger partial charge in [0.25, 0.3) is 0 Å². The van der Waals surface area contributed by atoms with E-state index in [4.69, 9.17) is 0 Å². The van der Waals surface area contributed by atoms with Crippen LogP contribution >= 0.6 is 0 Å². The third-order valence-corrected chi connectivity index (χ3v) is 4.22. The molecule has 3 N–H and O–H groups in total. The van der Waals surface area contributed by atoms with E-state index in [2.05, 4.69) is 16.0 Å². The van der Waals surface area contributed by atoms with E-state index in [9.17, 15) is 9.59 Å². The van der Waals surface area contributed by atoms with Crippen LogP contribution < -0.4 is 16.0 Å². The first kappa shape index (κ1) is 13.3. The van der Waals surface area contributed by atoms with Gasteiger partial charge in [-0.1, -0.05) is 13.8 Å². The van der Waals surface area contributed by atoms with Crippen LogP contribution in [-0.4, -0.2) is 37.5 Å². The fraction of sp³-hybridized carbons (Fsp3) is 0.846. The van der Waals surface area contributed by atoms with Crippen LogP contribution in [0.2, 0.25) is 0 Å². The highest BCUT2D eigenvalue weighted by molar-refractivity contribution is 5.85. The van der Waals surface area contributed by atoms with Gasteiger partial charge in [0.1, 0.15) is 0 Å². The Kier molecular flexibility index (Phi) is 3.90. The highest BCUT2D eigenvalue weighted by Crippen LogP contribution is 2.32. The van der Waals surface area contributed by atoms with Gasteiger partial charge in [-0.3, -0.25) is 9.59 Å². The minimum atomic E-state index is -0.376. The molecule has 2 aliphatic rings. The van der Waals surface area contributed by atoms with Gasteiger partial charge in [0.05, 0.1) is 6.04 Å². The van der Waals surface area contributed by atoms with Crippen molar-refractivity contribution in [3.8, 4) is 0 Å². The topological polar surface area (TPSA) is 70.2 Å². The second-order valence-electron chi connectivity index (χ2n) is 5.94. The highest BCUT2D eigenvalue weighted by atomic mass is 16.2. The van der Waals surface area contributed by atoms with Crippen LogP contribution in [0.1, 0.15) is 33.1 Å². The Labute approximate surface area is 108 Å². The molecule has 2 aliphatic heterocycles. The fourth-order valence-electron chi connectivity index (χ4n) is 2.73. The van der Waals surface area contributed by atoms with Crippen molar-refractivity contribution >= 4 is 11.8 Å². The van der Waals surface area contributed by atoms with Gasteiger partial charge in [-0.2, -0.15) is 0 Å². The molecule has 2 saturated heterocycles. The predicted molar refractivity (Wildman–Crippen MR) is 68.9 cm³/mol. The molecule has 2 amide bonds. The van der Waals surface area contributed by atoms with Crippen molar-refractivity contribution in [2.45, 2.75) is 39.2 Å². The van der Waals surface area contributed by atoms with E-state index < -0.39 is 0 Å². The van der Waals surface area contributed by atoms with Crippen molar-refractivity contribution in [3.05, 3.63) is 0 Å². The molecule has 2 unspecified atom stereocenters. The molecule has 2 heterocycles. The van der Waals surface area contributed by atoms with E-state index >= 15 is 0 Å². The SMILES string of the molecule is CC(C)(C(=O)NC1CNC(=O)C1)C1CCCNC1. The maximum Gasteiger partial charge on any atom is 0.226 e. The van der Waals surface area contributed by atoms with Crippen molar-refractivity contribution in [3.63, 3.8) is 0 Å². The van der Waals surface area contributed by atoms with Crippen LogP contribution in [-0.2, 0) is 9.59 Å². The molecule has 5 nitrogen and oxygen atoms in total. The highest BCUT2D eigenvalue weighted by Gasteiger charge is 2.38. The molecule has 0 radical (unpaired) electrons. The molecule has 2 fully saturated rings. The van der Waals surface area contributed by atoms with Gasteiger partial charge >= 0.3 is 0 Å². The molecule has 0 aliphatic carbocycles. The summed E-state index contributed by atoms with van der Waals surface area (Å²) in [5.41, 5.74) is -0.376. The fourth-order valence-corrected chi connectivity index (χ4v) is 2.73. The lowest BCUT2D eigenvalue weighted by molar-refractivity contribution is -0.133. The van der Waals surface area contributed by atoms with E-state index in [0.717, 1.165) is 25.9 Å². The monoisotopic (exact) mass is 253 g/mol. The first-order valence-corrected chi connectivity index (χ1v) is 6.78. The Morgan fingerprint density at radius 1 is 1.39 bits per heavy atom. The summed E-state index contributed by atoms with van der Waals surface area (Å²) in [6, 6.07) is -0.0409. The molecular formula is C13H23N3O2. The summed E-state index contributed by atoms with van der Waals surface area (Å²) >= 11 is 0. The zero-order valence-corrected chi connectivity index (χ0v) is 11.2. The number of nitrogens with one attached hydrogen (secondary N) is 3. The molecule has 2 atom stereocenters. The van der Waals surface area contributed by atoms with E-state index in [1.807, 2.05) is 13.8 Å². The molecule has 5 heteroatoms. The summed E-state index contributed by atoms with van der Waals surface area (Å²) in [5, 5.41) is 9.09. The lowest BCUT2D eigenvalue weighted by atomic mass is 9.74. The van der Waals surface area contributed by atoms with Crippen LogP contribution in [0.3, 0.4) is 0 Å². The lowest BCUT2D eigenvalue weighted by Crippen LogP contribution is -2.50. The summed E-state index contributed by atoms with van der Waals surface area (Å²) in [6.45, 7) is 6.52. The van der Waals surface area contributed by atoms with E-state index in [1.165, 1.54) is 0 Å². The van der Waals surface area contributed by atoms with Gasteiger partial charge in [0.2, 0.25) is 11.8 Å². The number of carbonyl (C=O) groups is 2. The first-order chi connectivity index (χ1) is 8.50. The molecule has 0 spiro atoms. The number of carbonyl (C=O) groups excluding carboxylic acids is 2. The van der Waals surface area contributed by atoms with Crippen LogP contribution in [0.5, 0.6) is 0 Å². The van der Waals surface area contributed by atoms with E-state index in [1.54, 1.807) is 0 Å². The zero-order chi connectivity index (χ0) is 13.2. The van der Waals surface area contributed by atoms with E-state index in [-0.39, 0.29) is 23.3 Å². The maximum absolute atomic E-state index is 12.3.